The minimum atomic E-state index is -0.423. The number of primary amides is 1. The molecule has 0 radical (unpaired) electrons. The molecule has 122 valence electrons. The molecule has 1 aromatic carbocycles. The molecule has 0 saturated heterocycles. The summed E-state index contributed by atoms with van der Waals surface area (Å²) >= 11 is 1.22. The van der Waals surface area contributed by atoms with E-state index in [1.807, 2.05) is 30.3 Å². The first kappa shape index (κ1) is 16.3. The van der Waals surface area contributed by atoms with Crippen LogP contribution in [-0.2, 0) is 4.79 Å². The van der Waals surface area contributed by atoms with Gasteiger partial charge in [0.05, 0.1) is 18.4 Å². The van der Waals surface area contributed by atoms with Crippen LogP contribution in [0.15, 0.2) is 35.4 Å². The Kier molecular flexibility index (Phi) is 4.72. The average Bonchev–Trinajstić information content (AvgIpc) is 3.44. The number of carbonyl (C=O) groups is 1. The van der Waals surface area contributed by atoms with Gasteiger partial charge in [0.25, 0.3) is 0 Å². The SMILES string of the molecule is COc1ccc(-c2cc(C3CC3)nc(SCC(N)=O)c2C#N)cc1. The Hall–Kier alpha value is -2.52. The number of amides is 1. The average molecular weight is 339 g/mol. The van der Waals surface area contributed by atoms with Crippen molar-refractivity contribution < 1.29 is 9.53 Å². The molecule has 6 heteroatoms. The third kappa shape index (κ3) is 3.52. The molecule has 0 bridgehead atoms. The first-order valence-electron chi connectivity index (χ1n) is 7.63. The molecule has 0 unspecified atom stereocenters. The van der Waals surface area contributed by atoms with Gasteiger partial charge < -0.3 is 10.5 Å². The van der Waals surface area contributed by atoms with Gasteiger partial charge in [-0.2, -0.15) is 5.26 Å². The van der Waals surface area contributed by atoms with Crippen LogP contribution >= 0.6 is 11.8 Å². The fraction of sp³-hybridized carbons (Fsp3) is 0.278. The Labute approximate surface area is 144 Å². The molecule has 1 aliphatic carbocycles. The van der Waals surface area contributed by atoms with Crippen LogP contribution in [0.5, 0.6) is 5.75 Å². The van der Waals surface area contributed by atoms with Gasteiger partial charge in [0, 0.05) is 17.2 Å². The summed E-state index contributed by atoms with van der Waals surface area (Å²) < 4.78 is 5.19. The molecule has 5 nitrogen and oxygen atoms in total. The van der Waals surface area contributed by atoms with E-state index in [4.69, 9.17) is 10.5 Å². The predicted molar refractivity (Wildman–Crippen MR) is 92.8 cm³/mol. The molecule has 1 amide bonds. The standard InChI is InChI=1S/C18H17N3O2S/c1-23-13-6-4-11(5-7-13)14-8-16(12-2-3-12)21-18(15(14)9-19)24-10-17(20)22/h4-8,12H,2-3,10H2,1H3,(H2,20,22). The van der Waals surface area contributed by atoms with Crippen molar-refractivity contribution in [1.29, 1.82) is 5.26 Å². The minimum absolute atomic E-state index is 0.109. The van der Waals surface area contributed by atoms with Crippen molar-refractivity contribution in [2.45, 2.75) is 23.8 Å². The van der Waals surface area contributed by atoms with E-state index in [0.29, 0.717) is 16.5 Å². The van der Waals surface area contributed by atoms with Gasteiger partial charge in [0.1, 0.15) is 16.8 Å². The summed E-state index contributed by atoms with van der Waals surface area (Å²) in [5.41, 5.74) is 8.46. The highest BCUT2D eigenvalue weighted by molar-refractivity contribution is 8.00. The van der Waals surface area contributed by atoms with Crippen LogP contribution in [0.25, 0.3) is 11.1 Å². The number of hydrogen-bond donors (Lipinski definition) is 1. The normalized spacial score (nSPS) is 13.3. The van der Waals surface area contributed by atoms with Crippen LogP contribution in [0, 0.1) is 11.3 Å². The second-order valence-electron chi connectivity index (χ2n) is 5.64. The second-order valence-corrected chi connectivity index (χ2v) is 6.61. The van der Waals surface area contributed by atoms with Crippen LogP contribution in [-0.4, -0.2) is 23.8 Å². The van der Waals surface area contributed by atoms with Gasteiger partial charge in [-0.15, -0.1) is 0 Å². The second kappa shape index (κ2) is 6.93. The van der Waals surface area contributed by atoms with Gasteiger partial charge in [-0.25, -0.2) is 4.98 Å². The molecule has 0 aliphatic heterocycles. The van der Waals surface area contributed by atoms with Crippen LogP contribution in [0.1, 0.15) is 30.0 Å². The van der Waals surface area contributed by atoms with Crippen LogP contribution in [0.2, 0.25) is 0 Å². The van der Waals surface area contributed by atoms with Crippen LogP contribution in [0.4, 0.5) is 0 Å². The van der Waals surface area contributed by atoms with E-state index in [1.54, 1.807) is 7.11 Å². The maximum Gasteiger partial charge on any atom is 0.227 e. The first-order chi connectivity index (χ1) is 11.6. The zero-order valence-electron chi connectivity index (χ0n) is 13.3. The highest BCUT2D eigenvalue weighted by Crippen LogP contribution is 2.42. The fourth-order valence-electron chi connectivity index (χ4n) is 2.48. The van der Waals surface area contributed by atoms with E-state index in [-0.39, 0.29) is 5.75 Å². The number of nitrogens with zero attached hydrogens (tertiary/aromatic N) is 2. The highest BCUT2D eigenvalue weighted by Gasteiger charge is 2.27. The van der Waals surface area contributed by atoms with Crippen molar-refractivity contribution in [3.05, 3.63) is 41.6 Å². The quantitative estimate of drug-likeness (QED) is 0.817. The van der Waals surface area contributed by atoms with E-state index in [9.17, 15) is 10.1 Å². The summed E-state index contributed by atoms with van der Waals surface area (Å²) in [6.07, 6.45) is 2.22. The molecule has 1 aromatic heterocycles. The third-order valence-corrected chi connectivity index (χ3v) is 4.86. The summed E-state index contributed by atoms with van der Waals surface area (Å²) in [4.78, 5) is 15.7. The van der Waals surface area contributed by atoms with E-state index in [0.717, 1.165) is 35.4 Å². The Morgan fingerprint density at radius 3 is 2.67 bits per heavy atom. The van der Waals surface area contributed by atoms with E-state index in [2.05, 4.69) is 11.1 Å². The van der Waals surface area contributed by atoms with Gasteiger partial charge in [-0.05, 0) is 36.6 Å². The number of ether oxygens (including phenoxy) is 1. The molecule has 0 spiro atoms. The van der Waals surface area contributed by atoms with Gasteiger partial charge in [0.15, 0.2) is 0 Å². The smallest absolute Gasteiger partial charge is 0.227 e. The zero-order chi connectivity index (χ0) is 17.1. The summed E-state index contributed by atoms with van der Waals surface area (Å²) in [6, 6.07) is 11.8. The van der Waals surface area contributed by atoms with Crippen molar-refractivity contribution >= 4 is 17.7 Å². The molecular weight excluding hydrogens is 322 g/mol. The molecular formula is C18H17N3O2S. The molecule has 3 rings (SSSR count). The van der Waals surface area contributed by atoms with Gasteiger partial charge in [-0.1, -0.05) is 23.9 Å². The number of carbonyl (C=O) groups excluding carboxylic acids is 1. The number of pyridine rings is 1. The number of nitriles is 1. The number of methoxy groups -OCH3 is 1. The molecule has 0 atom stereocenters. The van der Waals surface area contributed by atoms with E-state index >= 15 is 0 Å². The van der Waals surface area contributed by atoms with Gasteiger partial charge in [-0.3, -0.25) is 4.79 Å². The molecule has 1 aliphatic rings. The summed E-state index contributed by atoms with van der Waals surface area (Å²) in [5.74, 6) is 0.894. The first-order valence-corrected chi connectivity index (χ1v) is 8.61. The number of nitrogens with two attached hydrogens (primary N) is 1. The Morgan fingerprint density at radius 2 is 2.12 bits per heavy atom. The number of aromatic nitrogens is 1. The predicted octanol–water partition coefficient (Wildman–Crippen LogP) is 3.08. The molecule has 2 N–H and O–H groups in total. The van der Waals surface area contributed by atoms with Gasteiger partial charge in [0.2, 0.25) is 5.91 Å². The number of rotatable bonds is 6. The lowest BCUT2D eigenvalue weighted by molar-refractivity contribution is -0.115. The van der Waals surface area contributed by atoms with Crippen molar-refractivity contribution in [2.75, 3.05) is 12.9 Å². The zero-order valence-corrected chi connectivity index (χ0v) is 14.1. The highest BCUT2D eigenvalue weighted by atomic mass is 32.2. The van der Waals surface area contributed by atoms with Gasteiger partial charge >= 0.3 is 0 Å². The third-order valence-electron chi connectivity index (χ3n) is 3.87. The topological polar surface area (TPSA) is 89.0 Å². The molecule has 1 fully saturated rings. The summed E-state index contributed by atoms with van der Waals surface area (Å²) in [5, 5.41) is 10.2. The van der Waals surface area contributed by atoms with E-state index < -0.39 is 5.91 Å². The van der Waals surface area contributed by atoms with E-state index in [1.165, 1.54) is 11.8 Å². The Balaban J connectivity index is 2.08. The molecule has 1 heterocycles. The van der Waals surface area contributed by atoms with Crippen LogP contribution < -0.4 is 10.5 Å². The Bertz CT molecular complexity index is 808. The maximum absolute atomic E-state index is 11.1. The van der Waals surface area contributed by atoms with Crippen molar-refractivity contribution in [2.24, 2.45) is 5.73 Å². The lowest BCUT2D eigenvalue weighted by atomic mass is 10.00. The summed E-state index contributed by atoms with van der Waals surface area (Å²) in [7, 11) is 1.62. The summed E-state index contributed by atoms with van der Waals surface area (Å²) in [6.45, 7) is 0. The monoisotopic (exact) mass is 339 g/mol. The lowest BCUT2D eigenvalue weighted by Gasteiger charge is -2.12. The lowest BCUT2D eigenvalue weighted by Crippen LogP contribution is -2.13. The minimum Gasteiger partial charge on any atom is -0.497 e. The van der Waals surface area contributed by atoms with Crippen molar-refractivity contribution in [3.63, 3.8) is 0 Å². The Morgan fingerprint density at radius 1 is 1.42 bits per heavy atom. The van der Waals surface area contributed by atoms with Crippen molar-refractivity contribution in [3.8, 4) is 22.9 Å². The number of thioether (sulfide) groups is 1. The molecule has 24 heavy (non-hydrogen) atoms. The van der Waals surface area contributed by atoms with Crippen LogP contribution in [0.3, 0.4) is 0 Å². The molecule has 1 saturated carbocycles. The number of hydrogen-bond acceptors (Lipinski definition) is 5. The fourth-order valence-corrected chi connectivity index (χ4v) is 3.23. The largest absolute Gasteiger partial charge is 0.497 e. The van der Waals surface area contributed by atoms with Crippen molar-refractivity contribution in [1.82, 2.24) is 4.98 Å². The molecule has 2 aromatic rings. The maximum atomic E-state index is 11.1. The number of benzene rings is 1.